The Bertz CT molecular complexity index is 3290. The number of amides is 11. The van der Waals surface area contributed by atoms with Crippen LogP contribution in [0.15, 0.2) is 66.2 Å². The van der Waals surface area contributed by atoms with E-state index in [1.165, 1.54) is 30.4 Å². The molecule has 1 saturated heterocycles. The fourth-order valence-corrected chi connectivity index (χ4v) is 13.4. The van der Waals surface area contributed by atoms with Crippen molar-refractivity contribution in [1.29, 1.82) is 0 Å². The van der Waals surface area contributed by atoms with Crippen molar-refractivity contribution in [3.05, 3.63) is 82.3 Å². The van der Waals surface area contributed by atoms with Crippen molar-refractivity contribution in [1.82, 2.24) is 51.6 Å². The zero-order valence-corrected chi connectivity index (χ0v) is 66.3. The number of carbonyl (C=O) groups excluding carboxylic acids is 11. The van der Waals surface area contributed by atoms with Crippen molar-refractivity contribution >= 4 is 82.4 Å². The van der Waals surface area contributed by atoms with Gasteiger partial charge < -0.3 is 86.9 Å². The molecule has 11 amide bonds. The molecular formula is C76H121N13O17S. The topological polar surface area (TPSA) is 402 Å². The number of thiazole rings is 1. The summed E-state index contributed by atoms with van der Waals surface area (Å²) in [5, 5.41) is 22.2. The standard InChI is InChI=1S/C76H121N13O17S/c1-17-49(8)65(58(101-15)44-60(91)89-37-22-26-57(89)66(102-16)50(9)67(93)84-56(72-80-36-42-107-72)43-51-23-19-18-20-24-51)87(13)73(98)63(47(4)5)86-71(97)64(48(6)7)88(14)75(100)105-45-52-27-29-53(30-28-52)82-69(95)55(25-21-34-81-74(78)99)83-70(96)62(46(2)3)85-59(90)33-38-103-40-41-104-39-35-79-68(94)54(77)31-32-61(92)106-76(10,11)12/h18-20,23-24,27-30,36,42,46-50,54-58,62-66H,17,21-22,25-26,31-35,37-41,43-45,77H2,1-16H3,(H,79,94)(H,82,95)(H,83,96)(H,84,93)(H,85,90)(H,86,97)(H3,78,81,99)/t49-,50+,54-,55-,56-,57-,58+,62-,63-,64-,65-,66+/m0/s1. The smallest absolute Gasteiger partial charge is 0.410 e. The maximum Gasteiger partial charge on any atom is 0.410 e. The first-order valence-electron chi connectivity index (χ1n) is 37.1. The molecule has 1 aromatic heterocycles. The molecule has 30 nitrogen and oxygen atoms in total. The van der Waals surface area contributed by atoms with Gasteiger partial charge in [0.2, 0.25) is 47.3 Å². The highest BCUT2D eigenvalue weighted by atomic mass is 32.1. The number of hydrogen-bond acceptors (Lipinski definition) is 20. The lowest BCUT2D eigenvalue weighted by molar-refractivity contribution is -0.155. The third-order valence-corrected chi connectivity index (χ3v) is 19.6. The van der Waals surface area contributed by atoms with Crippen LogP contribution in [0.3, 0.4) is 0 Å². The number of nitrogens with one attached hydrogen (secondary N) is 7. The molecule has 0 bridgehead atoms. The number of hydrogen-bond donors (Lipinski definition) is 9. The van der Waals surface area contributed by atoms with Crippen molar-refractivity contribution < 1.29 is 81.2 Å². The molecule has 31 heteroatoms. The van der Waals surface area contributed by atoms with Gasteiger partial charge in [-0.05, 0) is 106 Å². The summed E-state index contributed by atoms with van der Waals surface area (Å²) in [6, 6.07) is 8.82. The van der Waals surface area contributed by atoms with E-state index in [1.54, 1.807) is 117 Å². The minimum absolute atomic E-state index is 0.00204. The van der Waals surface area contributed by atoms with E-state index in [0.29, 0.717) is 43.5 Å². The van der Waals surface area contributed by atoms with Gasteiger partial charge >= 0.3 is 18.1 Å². The molecule has 107 heavy (non-hydrogen) atoms. The SMILES string of the molecule is CC[C@H](C)[C@@H]([C@@H](CC(=O)N1CCC[C@H]1[C@H](OC)[C@@H](C)C(=O)N[C@@H](Cc1ccccc1)c1nccs1)OC)N(C)C(=O)[C@@H](NC(=O)[C@H](C(C)C)N(C)C(=O)OCc1ccc(NC(=O)[C@H](CCCNC(N)=O)NC(=O)[C@@H](NC(=O)CCOCCOCCNC(=O)[C@@H](N)CCC(=O)OC(C)(C)C)C(C)C)cc1)C(C)C. The Kier molecular flexibility index (Phi) is 39.2. The van der Waals surface area contributed by atoms with Crippen molar-refractivity contribution in [2.75, 3.05) is 79.7 Å². The van der Waals surface area contributed by atoms with Gasteiger partial charge in [-0.1, -0.05) is 111 Å². The lowest BCUT2D eigenvalue weighted by Crippen LogP contribution is -2.60. The Labute approximate surface area is 635 Å². The van der Waals surface area contributed by atoms with Crippen LogP contribution in [0.25, 0.3) is 0 Å². The molecule has 2 heterocycles. The number of urea groups is 1. The Morgan fingerprint density at radius 3 is 1.95 bits per heavy atom. The normalized spacial score (nSPS) is 16.1. The zero-order chi connectivity index (χ0) is 79.7. The maximum absolute atomic E-state index is 14.9. The number of aromatic nitrogens is 1. The number of rotatable bonds is 46. The summed E-state index contributed by atoms with van der Waals surface area (Å²) in [7, 11) is 6.15. The van der Waals surface area contributed by atoms with Crippen LogP contribution in [0.5, 0.6) is 0 Å². The van der Waals surface area contributed by atoms with E-state index in [4.69, 9.17) is 39.9 Å². The minimum Gasteiger partial charge on any atom is -0.460 e. The van der Waals surface area contributed by atoms with Gasteiger partial charge in [-0.15, -0.1) is 11.3 Å². The predicted molar refractivity (Wildman–Crippen MR) is 406 cm³/mol. The van der Waals surface area contributed by atoms with Gasteiger partial charge in [0.1, 0.15) is 41.4 Å². The average molecular weight is 1520 g/mol. The average Bonchev–Trinajstić information content (AvgIpc) is 1.75. The van der Waals surface area contributed by atoms with Gasteiger partial charge in [0, 0.05) is 78.1 Å². The second kappa shape index (κ2) is 46.1. The fourth-order valence-electron chi connectivity index (χ4n) is 12.7. The van der Waals surface area contributed by atoms with Gasteiger partial charge in [0.25, 0.3) is 0 Å². The minimum atomic E-state index is -1.14. The van der Waals surface area contributed by atoms with Gasteiger partial charge in [0.15, 0.2) is 0 Å². The van der Waals surface area contributed by atoms with Crippen molar-refractivity contribution in [3.63, 3.8) is 0 Å². The second-order valence-electron chi connectivity index (χ2n) is 29.3. The summed E-state index contributed by atoms with van der Waals surface area (Å²) in [5.41, 5.74) is 12.4. The Hall–Kier alpha value is -8.36. The number of likely N-dealkylation sites (tertiary alicyclic amines) is 1. The van der Waals surface area contributed by atoms with Crippen molar-refractivity contribution in [2.24, 2.45) is 41.1 Å². The number of esters is 1. The largest absolute Gasteiger partial charge is 0.460 e. The number of anilines is 1. The van der Waals surface area contributed by atoms with Gasteiger partial charge in [-0.3, -0.25) is 48.1 Å². The summed E-state index contributed by atoms with van der Waals surface area (Å²) in [5.74, 6) is -6.15. The van der Waals surface area contributed by atoms with E-state index in [-0.39, 0.29) is 108 Å². The number of primary amides is 1. The molecular weight excluding hydrogens is 1400 g/mol. The summed E-state index contributed by atoms with van der Waals surface area (Å²) < 4.78 is 34.2. The number of benzene rings is 2. The third kappa shape index (κ3) is 30.7. The first kappa shape index (κ1) is 91.0. The number of nitrogens with two attached hydrogens (primary N) is 2. The highest BCUT2D eigenvalue weighted by Crippen LogP contribution is 2.31. The van der Waals surface area contributed by atoms with Crippen LogP contribution in [-0.2, 0) is 84.6 Å². The van der Waals surface area contributed by atoms with E-state index >= 15 is 0 Å². The molecule has 0 aliphatic carbocycles. The summed E-state index contributed by atoms with van der Waals surface area (Å²) in [6.45, 7) is 22.6. The first-order valence-corrected chi connectivity index (χ1v) is 38.0. The molecule has 3 aromatic rings. The molecule has 11 N–H and O–H groups in total. The van der Waals surface area contributed by atoms with Crippen LogP contribution < -0.4 is 48.7 Å². The zero-order valence-electron chi connectivity index (χ0n) is 65.5. The lowest BCUT2D eigenvalue weighted by Gasteiger charge is -2.41. The highest BCUT2D eigenvalue weighted by molar-refractivity contribution is 7.09. The maximum atomic E-state index is 14.9. The molecule has 598 valence electrons. The number of ether oxygens (including phenoxy) is 6. The van der Waals surface area contributed by atoms with Crippen LogP contribution in [0.2, 0.25) is 0 Å². The second-order valence-corrected chi connectivity index (χ2v) is 30.2. The molecule has 0 unspecified atom stereocenters. The number of methoxy groups -OCH3 is 2. The van der Waals surface area contributed by atoms with Gasteiger partial charge in [0.05, 0.1) is 75.1 Å². The summed E-state index contributed by atoms with van der Waals surface area (Å²) in [6.07, 6.45) is 2.20. The molecule has 12 atom stereocenters. The Morgan fingerprint density at radius 2 is 1.36 bits per heavy atom. The molecule has 1 aliphatic heterocycles. The Balaban J connectivity index is 1.32. The molecule has 0 spiro atoms. The van der Waals surface area contributed by atoms with Crippen LogP contribution >= 0.6 is 11.3 Å². The lowest BCUT2D eigenvalue weighted by atomic mass is 9.89. The summed E-state index contributed by atoms with van der Waals surface area (Å²) in [4.78, 5) is 158. The number of nitrogens with zero attached hydrogens (tertiary/aromatic N) is 4. The predicted octanol–water partition coefficient (Wildman–Crippen LogP) is 5.90. The van der Waals surface area contributed by atoms with E-state index in [9.17, 15) is 52.7 Å². The van der Waals surface area contributed by atoms with Crippen LogP contribution in [-0.4, -0.2) is 220 Å². The fraction of sp³-hybridized carbons (Fsp3) is 0.658. The molecule has 4 rings (SSSR count). The summed E-state index contributed by atoms with van der Waals surface area (Å²) >= 11 is 1.47. The third-order valence-electron chi connectivity index (χ3n) is 18.7. The van der Waals surface area contributed by atoms with E-state index < -0.39 is 137 Å². The molecule has 0 radical (unpaired) electrons. The van der Waals surface area contributed by atoms with Crippen LogP contribution in [0, 0.1) is 29.6 Å². The molecule has 0 saturated carbocycles. The number of carbonyl (C=O) groups is 11. The molecule has 1 fully saturated rings. The van der Waals surface area contributed by atoms with Gasteiger partial charge in [-0.2, -0.15) is 0 Å². The molecule has 1 aliphatic rings. The Morgan fingerprint density at radius 1 is 0.701 bits per heavy atom. The first-order chi connectivity index (χ1) is 50.6. The van der Waals surface area contributed by atoms with E-state index in [1.807, 2.05) is 56.5 Å². The number of likely N-dealkylation sites (N-methyl/N-ethyl adjacent to an activating group) is 2. The van der Waals surface area contributed by atoms with Gasteiger partial charge in [-0.25, -0.2) is 14.6 Å². The van der Waals surface area contributed by atoms with E-state index in [0.717, 1.165) is 10.6 Å². The molecule has 2 aromatic carbocycles. The van der Waals surface area contributed by atoms with Crippen LogP contribution in [0.1, 0.15) is 163 Å². The van der Waals surface area contributed by atoms with Crippen molar-refractivity contribution in [2.45, 2.75) is 220 Å². The van der Waals surface area contributed by atoms with Crippen molar-refractivity contribution in [3.8, 4) is 0 Å². The van der Waals surface area contributed by atoms with Crippen LogP contribution in [0.4, 0.5) is 15.3 Å². The monoisotopic (exact) mass is 1520 g/mol. The highest BCUT2D eigenvalue weighted by Gasteiger charge is 2.44. The van der Waals surface area contributed by atoms with E-state index in [2.05, 4.69) is 42.2 Å². The quantitative estimate of drug-likeness (QED) is 0.0235.